The van der Waals surface area contributed by atoms with Crippen LogP contribution in [0.5, 0.6) is 5.19 Å². The number of hydrogen-bond acceptors (Lipinski definition) is 12. The van der Waals surface area contributed by atoms with E-state index < -0.39 is 0 Å². The van der Waals surface area contributed by atoms with Gasteiger partial charge in [0.2, 0.25) is 27.2 Å². The van der Waals surface area contributed by atoms with Gasteiger partial charge in [0, 0.05) is 49.7 Å². The van der Waals surface area contributed by atoms with Crippen LogP contribution in [0.3, 0.4) is 0 Å². The van der Waals surface area contributed by atoms with Crippen molar-refractivity contribution < 1.29 is 14.3 Å². The van der Waals surface area contributed by atoms with E-state index in [-0.39, 0.29) is 30.8 Å². The lowest BCUT2D eigenvalue weighted by Crippen LogP contribution is -2.38. The van der Waals surface area contributed by atoms with Crippen molar-refractivity contribution in [3.63, 3.8) is 0 Å². The number of carbonyl (C=O) groups excluding carboxylic acids is 2. The Morgan fingerprint density at radius 2 is 1.43 bits per heavy atom. The molecule has 14 heteroatoms. The molecule has 0 radical (unpaired) electrons. The van der Waals surface area contributed by atoms with Crippen LogP contribution in [0, 0.1) is 0 Å². The van der Waals surface area contributed by atoms with E-state index in [0.29, 0.717) is 26.8 Å². The molecule has 0 atom stereocenters. The zero-order valence-corrected chi connectivity index (χ0v) is 21.2. The predicted molar refractivity (Wildman–Crippen MR) is 139 cm³/mol. The lowest BCUT2D eigenvalue weighted by Gasteiger charge is -2.30. The zero-order valence-electron chi connectivity index (χ0n) is 19.6. The molecule has 1 aliphatic heterocycles. The van der Waals surface area contributed by atoms with Crippen molar-refractivity contribution in [1.82, 2.24) is 30.4 Å². The molecule has 0 spiro atoms. The number of nitrogens with zero attached hydrogens (tertiary/aromatic N) is 7. The van der Waals surface area contributed by atoms with Crippen LogP contribution in [-0.2, 0) is 22.4 Å². The summed E-state index contributed by atoms with van der Waals surface area (Å²) in [6.45, 7) is 1.46. The molecule has 4 aromatic rings. The number of ether oxygens (including phenoxy) is 1. The van der Waals surface area contributed by atoms with Crippen LogP contribution in [0.15, 0.2) is 48.8 Å². The van der Waals surface area contributed by atoms with Crippen molar-refractivity contribution in [2.75, 3.05) is 28.6 Å². The van der Waals surface area contributed by atoms with Crippen LogP contribution in [0.25, 0.3) is 0 Å². The Morgan fingerprint density at radius 1 is 0.838 bits per heavy atom. The van der Waals surface area contributed by atoms with Gasteiger partial charge in [-0.1, -0.05) is 28.6 Å². The highest BCUT2D eigenvalue weighted by Crippen LogP contribution is 2.29. The van der Waals surface area contributed by atoms with E-state index in [2.05, 4.69) is 45.9 Å². The Labute approximate surface area is 220 Å². The van der Waals surface area contributed by atoms with Gasteiger partial charge in [-0.05, 0) is 35.6 Å². The molecule has 5 rings (SSSR count). The average molecular weight is 538 g/mol. The van der Waals surface area contributed by atoms with E-state index in [1.807, 2.05) is 18.2 Å². The second-order valence-corrected chi connectivity index (χ2v) is 10.1. The van der Waals surface area contributed by atoms with Gasteiger partial charge >= 0.3 is 0 Å². The van der Waals surface area contributed by atoms with Gasteiger partial charge in [-0.3, -0.25) is 19.6 Å². The first-order chi connectivity index (χ1) is 18.1. The molecule has 1 aliphatic rings. The first-order valence-corrected chi connectivity index (χ1v) is 13.2. The molecule has 0 unspecified atom stereocenters. The standard InChI is InChI=1S/C23H23N9O3S2/c33-18(13-15-5-1-3-9-24-15)26-20-28-30-22(36-20)32-11-7-17(8-12-32)35-23-31-29-21(37-23)27-19(34)14-16-6-2-4-10-25-16/h1-6,9-10,17H,7-8,11-14H2,(H,26,28,33)(H,27,29,34). The summed E-state index contributed by atoms with van der Waals surface area (Å²) >= 11 is 2.54. The molecular weight excluding hydrogens is 514 g/mol. The first kappa shape index (κ1) is 24.6. The van der Waals surface area contributed by atoms with Crippen LogP contribution in [0.2, 0.25) is 0 Å². The summed E-state index contributed by atoms with van der Waals surface area (Å²) in [6, 6.07) is 10.9. The molecule has 37 heavy (non-hydrogen) atoms. The smallest absolute Gasteiger partial charge is 0.296 e. The molecule has 12 nitrogen and oxygen atoms in total. The third kappa shape index (κ3) is 7.01. The summed E-state index contributed by atoms with van der Waals surface area (Å²) in [5, 5.41) is 23.9. The van der Waals surface area contributed by atoms with Gasteiger partial charge in [-0.15, -0.1) is 15.3 Å². The lowest BCUT2D eigenvalue weighted by atomic mass is 10.1. The molecule has 1 saturated heterocycles. The predicted octanol–water partition coefficient (Wildman–Crippen LogP) is 2.59. The van der Waals surface area contributed by atoms with Gasteiger partial charge in [0.25, 0.3) is 5.19 Å². The molecule has 0 bridgehead atoms. The zero-order chi connectivity index (χ0) is 25.5. The lowest BCUT2D eigenvalue weighted by molar-refractivity contribution is -0.116. The van der Waals surface area contributed by atoms with Crippen LogP contribution < -0.4 is 20.3 Å². The third-order valence-corrected chi connectivity index (χ3v) is 7.06. The Balaban J connectivity index is 1.06. The second kappa shape index (κ2) is 11.8. The van der Waals surface area contributed by atoms with Gasteiger partial charge in [0.1, 0.15) is 6.10 Å². The van der Waals surface area contributed by atoms with Crippen LogP contribution in [0.4, 0.5) is 15.4 Å². The molecule has 0 aliphatic carbocycles. The summed E-state index contributed by atoms with van der Waals surface area (Å²) in [4.78, 5) is 34.9. The maximum atomic E-state index is 12.2. The van der Waals surface area contributed by atoms with E-state index in [1.165, 1.54) is 22.7 Å². The van der Waals surface area contributed by atoms with Gasteiger partial charge < -0.3 is 20.3 Å². The average Bonchev–Trinajstić information content (AvgIpc) is 3.55. The van der Waals surface area contributed by atoms with E-state index in [0.717, 1.165) is 31.1 Å². The Hall–Kier alpha value is -4.04. The molecule has 2 amide bonds. The molecule has 0 aromatic carbocycles. The summed E-state index contributed by atoms with van der Waals surface area (Å²) in [6.07, 6.45) is 5.16. The molecule has 190 valence electrons. The van der Waals surface area contributed by atoms with E-state index >= 15 is 0 Å². The largest absolute Gasteiger partial charge is 0.465 e. The molecule has 0 saturated carbocycles. The highest BCUT2D eigenvalue weighted by molar-refractivity contribution is 7.19. The van der Waals surface area contributed by atoms with Gasteiger partial charge in [-0.2, -0.15) is 0 Å². The SMILES string of the molecule is O=C(Cc1ccccn1)Nc1nnc(OC2CCN(c3nnc(NC(=O)Cc4ccccn4)s3)CC2)s1. The Bertz CT molecular complexity index is 1330. The number of rotatable bonds is 9. The molecule has 2 N–H and O–H groups in total. The van der Waals surface area contributed by atoms with Crippen LogP contribution >= 0.6 is 22.7 Å². The summed E-state index contributed by atoms with van der Waals surface area (Å²) in [5.41, 5.74) is 1.38. The number of carbonyl (C=O) groups is 2. The van der Waals surface area contributed by atoms with E-state index in [1.54, 1.807) is 30.6 Å². The maximum Gasteiger partial charge on any atom is 0.296 e. The molecular formula is C23H23N9O3S2. The van der Waals surface area contributed by atoms with Crippen molar-refractivity contribution in [2.24, 2.45) is 0 Å². The summed E-state index contributed by atoms with van der Waals surface area (Å²) in [7, 11) is 0. The molecule has 5 heterocycles. The number of piperidine rings is 1. The normalized spacial score (nSPS) is 13.8. The van der Waals surface area contributed by atoms with Gasteiger partial charge in [-0.25, -0.2) is 0 Å². The molecule has 1 fully saturated rings. The van der Waals surface area contributed by atoms with Crippen LogP contribution in [-0.4, -0.2) is 61.4 Å². The number of anilines is 3. The van der Waals surface area contributed by atoms with E-state index in [4.69, 9.17) is 4.74 Å². The van der Waals surface area contributed by atoms with Crippen molar-refractivity contribution in [1.29, 1.82) is 0 Å². The molecule has 4 aromatic heterocycles. The number of pyridine rings is 2. The number of amides is 2. The maximum absolute atomic E-state index is 12.2. The Kier molecular flexibility index (Phi) is 7.86. The quantitative estimate of drug-likeness (QED) is 0.326. The fourth-order valence-electron chi connectivity index (χ4n) is 3.67. The van der Waals surface area contributed by atoms with Crippen LogP contribution in [0.1, 0.15) is 24.2 Å². The summed E-state index contributed by atoms with van der Waals surface area (Å²) in [5.74, 6) is -0.392. The monoisotopic (exact) mass is 537 g/mol. The number of aromatic nitrogens is 6. The van der Waals surface area contributed by atoms with Crippen molar-refractivity contribution in [3.8, 4) is 5.19 Å². The second-order valence-electron chi connectivity index (χ2n) is 8.16. The third-order valence-electron chi connectivity index (χ3n) is 5.43. The highest BCUT2D eigenvalue weighted by atomic mass is 32.1. The van der Waals surface area contributed by atoms with E-state index in [9.17, 15) is 9.59 Å². The first-order valence-electron chi connectivity index (χ1n) is 11.6. The summed E-state index contributed by atoms with van der Waals surface area (Å²) < 4.78 is 5.99. The van der Waals surface area contributed by atoms with Crippen molar-refractivity contribution >= 4 is 49.9 Å². The van der Waals surface area contributed by atoms with Crippen molar-refractivity contribution in [3.05, 3.63) is 60.2 Å². The fraction of sp³-hybridized carbons (Fsp3) is 0.304. The highest BCUT2D eigenvalue weighted by Gasteiger charge is 2.24. The fourth-order valence-corrected chi connectivity index (χ4v) is 5.16. The number of nitrogens with one attached hydrogen (secondary N) is 2. The minimum absolute atomic E-state index is 0.0215. The minimum atomic E-state index is -0.209. The number of hydrogen-bond donors (Lipinski definition) is 2. The topological polar surface area (TPSA) is 148 Å². The Morgan fingerprint density at radius 3 is 2.03 bits per heavy atom. The van der Waals surface area contributed by atoms with Gasteiger partial charge in [0.05, 0.1) is 12.8 Å². The van der Waals surface area contributed by atoms with Crippen molar-refractivity contribution in [2.45, 2.75) is 31.8 Å². The minimum Gasteiger partial charge on any atom is -0.465 e. The van der Waals surface area contributed by atoms with Gasteiger partial charge in [0.15, 0.2) is 0 Å².